The number of aromatic nitrogens is 2. The highest BCUT2D eigenvalue weighted by Gasteiger charge is 2.12. The molecule has 4 nitrogen and oxygen atoms in total. The van der Waals surface area contributed by atoms with E-state index in [1.807, 2.05) is 23.9 Å². The standard InChI is InChI=1S/C14H20N4/c1-18-14(10-11-16-18)13(17-15)9-5-8-12-6-3-2-4-7-12/h2-4,6-7,10-11,13,17H,5,8-9,15H2,1H3. The van der Waals surface area contributed by atoms with E-state index in [-0.39, 0.29) is 6.04 Å². The van der Waals surface area contributed by atoms with Gasteiger partial charge in [0.05, 0.1) is 11.7 Å². The van der Waals surface area contributed by atoms with Crippen LogP contribution in [0.1, 0.15) is 30.1 Å². The molecule has 0 radical (unpaired) electrons. The van der Waals surface area contributed by atoms with Crippen molar-refractivity contribution in [3.63, 3.8) is 0 Å². The van der Waals surface area contributed by atoms with E-state index in [4.69, 9.17) is 5.84 Å². The number of nitrogens with two attached hydrogens (primary N) is 1. The lowest BCUT2D eigenvalue weighted by Crippen LogP contribution is -2.29. The van der Waals surface area contributed by atoms with Crippen LogP contribution in [0.3, 0.4) is 0 Å². The topological polar surface area (TPSA) is 55.9 Å². The molecule has 1 unspecified atom stereocenters. The van der Waals surface area contributed by atoms with Gasteiger partial charge in [0.25, 0.3) is 0 Å². The summed E-state index contributed by atoms with van der Waals surface area (Å²) >= 11 is 0. The Kier molecular flexibility index (Phi) is 4.50. The molecule has 3 N–H and O–H groups in total. The number of hydrogen-bond donors (Lipinski definition) is 2. The summed E-state index contributed by atoms with van der Waals surface area (Å²) in [7, 11) is 1.94. The van der Waals surface area contributed by atoms with Gasteiger partial charge < -0.3 is 0 Å². The Morgan fingerprint density at radius 3 is 2.67 bits per heavy atom. The van der Waals surface area contributed by atoms with Crippen LogP contribution in [0, 0.1) is 0 Å². The smallest absolute Gasteiger partial charge is 0.0629 e. The van der Waals surface area contributed by atoms with Crippen molar-refractivity contribution in [3.05, 3.63) is 53.9 Å². The van der Waals surface area contributed by atoms with Crippen LogP contribution in [0.2, 0.25) is 0 Å². The molecule has 0 bridgehead atoms. The molecule has 0 saturated carbocycles. The number of hydrogen-bond acceptors (Lipinski definition) is 3. The summed E-state index contributed by atoms with van der Waals surface area (Å²) < 4.78 is 1.87. The van der Waals surface area contributed by atoms with Crippen LogP contribution in [0.15, 0.2) is 42.6 Å². The maximum absolute atomic E-state index is 5.62. The van der Waals surface area contributed by atoms with E-state index in [0.717, 1.165) is 25.0 Å². The fraction of sp³-hybridized carbons (Fsp3) is 0.357. The third-order valence-corrected chi connectivity index (χ3v) is 3.22. The predicted molar refractivity (Wildman–Crippen MR) is 72.7 cm³/mol. The van der Waals surface area contributed by atoms with Gasteiger partial charge in [-0.1, -0.05) is 30.3 Å². The Morgan fingerprint density at radius 1 is 1.28 bits per heavy atom. The van der Waals surface area contributed by atoms with E-state index in [1.165, 1.54) is 5.56 Å². The lowest BCUT2D eigenvalue weighted by atomic mass is 10.0. The monoisotopic (exact) mass is 244 g/mol. The highest BCUT2D eigenvalue weighted by molar-refractivity contribution is 5.14. The molecule has 0 amide bonds. The van der Waals surface area contributed by atoms with E-state index in [9.17, 15) is 0 Å². The lowest BCUT2D eigenvalue weighted by Gasteiger charge is -2.16. The highest BCUT2D eigenvalue weighted by Crippen LogP contribution is 2.18. The molecule has 1 atom stereocenters. The second kappa shape index (κ2) is 6.33. The van der Waals surface area contributed by atoms with Crippen molar-refractivity contribution < 1.29 is 0 Å². The first kappa shape index (κ1) is 12.8. The number of hydrazine groups is 1. The largest absolute Gasteiger partial charge is 0.271 e. The van der Waals surface area contributed by atoms with Crippen LogP contribution in [-0.4, -0.2) is 9.78 Å². The van der Waals surface area contributed by atoms with Gasteiger partial charge in [0.1, 0.15) is 0 Å². The quantitative estimate of drug-likeness (QED) is 0.603. The van der Waals surface area contributed by atoms with Gasteiger partial charge in [-0.15, -0.1) is 0 Å². The van der Waals surface area contributed by atoms with Crippen LogP contribution in [0.25, 0.3) is 0 Å². The highest BCUT2D eigenvalue weighted by atomic mass is 15.3. The van der Waals surface area contributed by atoms with Gasteiger partial charge in [-0.3, -0.25) is 16.0 Å². The summed E-state index contributed by atoms with van der Waals surface area (Å²) in [6.07, 6.45) is 4.99. The minimum absolute atomic E-state index is 0.168. The third kappa shape index (κ3) is 3.18. The lowest BCUT2D eigenvalue weighted by molar-refractivity contribution is 0.467. The molecule has 1 aromatic heterocycles. The molecule has 18 heavy (non-hydrogen) atoms. The molecule has 0 fully saturated rings. The van der Waals surface area contributed by atoms with Crippen LogP contribution >= 0.6 is 0 Å². The second-order valence-electron chi connectivity index (χ2n) is 4.48. The van der Waals surface area contributed by atoms with Gasteiger partial charge in [0, 0.05) is 13.2 Å². The Balaban J connectivity index is 1.87. The molecule has 96 valence electrons. The molecule has 1 heterocycles. The number of aryl methyl sites for hydroxylation is 2. The zero-order chi connectivity index (χ0) is 12.8. The molecule has 2 aromatic rings. The summed E-state index contributed by atoms with van der Waals surface area (Å²) in [4.78, 5) is 0. The van der Waals surface area contributed by atoms with Crippen LogP contribution in [0.4, 0.5) is 0 Å². The second-order valence-corrected chi connectivity index (χ2v) is 4.48. The van der Waals surface area contributed by atoms with Gasteiger partial charge in [-0.25, -0.2) is 0 Å². The van der Waals surface area contributed by atoms with Gasteiger partial charge in [0.15, 0.2) is 0 Å². The van der Waals surface area contributed by atoms with E-state index < -0.39 is 0 Å². The molecule has 1 aromatic carbocycles. The summed E-state index contributed by atoms with van der Waals surface area (Å²) in [6, 6.07) is 12.7. The maximum Gasteiger partial charge on any atom is 0.0629 e. The first-order chi connectivity index (χ1) is 8.81. The molecular formula is C14H20N4. The molecule has 0 saturated heterocycles. The Hall–Kier alpha value is -1.65. The van der Waals surface area contributed by atoms with E-state index in [2.05, 4.69) is 34.8 Å². The molecule has 0 aliphatic rings. The first-order valence-electron chi connectivity index (χ1n) is 6.29. The molecule has 4 heteroatoms. The molecule has 0 aliphatic carbocycles. The first-order valence-corrected chi connectivity index (χ1v) is 6.29. The fourth-order valence-electron chi connectivity index (χ4n) is 2.20. The molecule has 0 spiro atoms. The number of nitrogens with one attached hydrogen (secondary N) is 1. The van der Waals surface area contributed by atoms with E-state index in [0.29, 0.717) is 0 Å². The summed E-state index contributed by atoms with van der Waals surface area (Å²) in [5.74, 6) is 5.62. The summed E-state index contributed by atoms with van der Waals surface area (Å²) in [5.41, 5.74) is 5.37. The minimum Gasteiger partial charge on any atom is -0.271 e. The zero-order valence-corrected chi connectivity index (χ0v) is 10.7. The van der Waals surface area contributed by atoms with Crippen LogP contribution < -0.4 is 11.3 Å². The van der Waals surface area contributed by atoms with Crippen molar-refractivity contribution in [2.24, 2.45) is 12.9 Å². The average Bonchev–Trinajstić information content (AvgIpc) is 2.82. The predicted octanol–water partition coefficient (Wildman–Crippen LogP) is 1.95. The zero-order valence-electron chi connectivity index (χ0n) is 10.7. The molecule has 2 rings (SSSR count). The Morgan fingerprint density at radius 2 is 2.06 bits per heavy atom. The van der Waals surface area contributed by atoms with Crippen molar-refractivity contribution in [3.8, 4) is 0 Å². The number of benzene rings is 1. The normalized spacial score (nSPS) is 12.6. The van der Waals surface area contributed by atoms with Gasteiger partial charge >= 0.3 is 0 Å². The number of nitrogens with zero attached hydrogens (tertiary/aromatic N) is 2. The van der Waals surface area contributed by atoms with Gasteiger partial charge in [-0.05, 0) is 30.9 Å². The number of rotatable bonds is 6. The van der Waals surface area contributed by atoms with Crippen molar-refractivity contribution in [1.82, 2.24) is 15.2 Å². The van der Waals surface area contributed by atoms with Crippen molar-refractivity contribution in [1.29, 1.82) is 0 Å². The van der Waals surface area contributed by atoms with Crippen molar-refractivity contribution >= 4 is 0 Å². The van der Waals surface area contributed by atoms with Gasteiger partial charge in [0.2, 0.25) is 0 Å². The van der Waals surface area contributed by atoms with E-state index >= 15 is 0 Å². The Bertz CT molecular complexity index is 464. The SMILES string of the molecule is Cn1nccc1C(CCCc1ccccc1)NN. The van der Waals surface area contributed by atoms with Crippen molar-refractivity contribution in [2.45, 2.75) is 25.3 Å². The van der Waals surface area contributed by atoms with Gasteiger partial charge in [-0.2, -0.15) is 5.10 Å². The van der Waals surface area contributed by atoms with E-state index in [1.54, 1.807) is 6.20 Å². The fourth-order valence-corrected chi connectivity index (χ4v) is 2.20. The van der Waals surface area contributed by atoms with Crippen molar-refractivity contribution in [2.75, 3.05) is 0 Å². The molecule has 0 aliphatic heterocycles. The average molecular weight is 244 g/mol. The minimum atomic E-state index is 0.168. The van der Waals surface area contributed by atoms with Crippen LogP contribution in [-0.2, 0) is 13.5 Å². The molecular weight excluding hydrogens is 224 g/mol. The Labute approximate surface area is 108 Å². The summed E-state index contributed by atoms with van der Waals surface area (Å²) in [5, 5.41) is 4.17. The summed E-state index contributed by atoms with van der Waals surface area (Å²) in [6.45, 7) is 0. The maximum atomic E-state index is 5.62. The third-order valence-electron chi connectivity index (χ3n) is 3.22. The van der Waals surface area contributed by atoms with Crippen LogP contribution in [0.5, 0.6) is 0 Å².